The van der Waals surface area contributed by atoms with Crippen molar-refractivity contribution in [3.8, 4) is 0 Å². The average molecular weight is 263 g/mol. The highest BCUT2D eigenvalue weighted by Crippen LogP contribution is 2.27. The molecular formula is C15H25N3O. The smallest absolute Gasteiger partial charge is 0.0678 e. The van der Waals surface area contributed by atoms with Gasteiger partial charge in [-0.15, -0.1) is 0 Å². The normalized spacial score (nSPS) is 28.0. The van der Waals surface area contributed by atoms with Crippen molar-refractivity contribution in [3.63, 3.8) is 0 Å². The topological polar surface area (TPSA) is 51.4 Å². The molecular weight excluding hydrogens is 238 g/mol. The molecule has 1 aromatic heterocycles. The maximum Gasteiger partial charge on any atom is 0.0678 e. The van der Waals surface area contributed by atoms with Gasteiger partial charge >= 0.3 is 0 Å². The van der Waals surface area contributed by atoms with Crippen LogP contribution in [-0.4, -0.2) is 41.2 Å². The first kappa shape index (κ1) is 14.4. The zero-order valence-corrected chi connectivity index (χ0v) is 12.1. The molecule has 2 unspecified atom stereocenters. The molecule has 0 spiro atoms. The van der Waals surface area contributed by atoms with Crippen molar-refractivity contribution in [2.45, 2.75) is 51.5 Å². The number of hydrogen-bond acceptors (Lipinski definition) is 4. The lowest BCUT2D eigenvalue weighted by Gasteiger charge is -2.42. The van der Waals surface area contributed by atoms with Crippen molar-refractivity contribution >= 4 is 0 Å². The van der Waals surface area contributed by atoms with E-state index in [9.17, 15) is 0 Å². The number of nitrogens with two attached hydrogens (primary N) is 1. The van der Waals surface area contributed by atoms with Crippen molar-refractivity contribution in [2.24, 2.45) is 5.73 Å². The van der Waals surface area contributed by atoms with E-state index in [1.807, 2.05) is 18.5 Å². The predicted molar refractivity (Wildman–Crippen MR) is 76.8 cm³/mol. The lowest BCUT2D eigenvalue weighted by atomic mass is 9.96. The SMILES string of the molecule is CCC(N)C(c1cccnc1)N1C[C@@H](C)O[C@@H](C)C1. The molecule has 1 aliphatic rings. The van der Waals surface area contributed by atoms with Crippen LogP contribution >= 0.6 is 0 Å². The van der Waals surface area contributed by atoms with Crippen LogP contribution in [0.15, 0.2) is 24.5 Å². The fraction of sp³-hybridized carbons (Fsp3) is 0.667. The maximum absolute atomic E-state index is 6.36. The van der Waals surface area contributed by atoms with Gasteiger partial charge in [0.1, 0.15) is 0 Å². The van der Waals surface area contributed by atoms with Gasteiger partial charge in [0.2, 0.25) is 0 Å². The Bertz CT molecular complexity index is 374. The summed E-state index contributed by atoms with van der Waals surface area (Å²) in [5.41, 5.74) is 7.57. The summed E-state index contributed by atoms with van der Waals surface area (Å²) in [6, 6.07) is 4.46. The summed E-state index contributed by atoms with van der Waals surface area (Å²) >= 11 is 0. The van der Waals surface area contributed by atoms with Gasteiger partial charge < -0.3 is 10.5 Å². The van der Waals surface area contributed by atoms with Gasteiger partial charge in [0.15, 0.2) is 0 Å². The second-order valence-electron chi connectivity index (χ2n) is 5.51. The third kappa shape index (κ3) is 3.53. The molecule has 1 saturated heterocycles. The largest absolute Gasteiger partial charge is 0.373 e. The monoisotopic (exact) mass is 263 g/mol. The number of hydrogen-bond donors (Lipinski definition) is 1. The Kier molecular flexibility index (Phi) is 4.91. The minimum atomic E-state index is 0.127. The van der Waals surface area contributed by atoms with Gasteiger partial charge in [-0.05, 0) is 31.9 Å². The summed E-state index contributed by atoms with van der Waals surface area (Å²) in [5, 5.41) is 0. The summed E-state index contributed by atoms with van der Waals surface area (Å²) in [4.78, 5) is 6.69. The molecule has 19 heavy (non-hydrogen) atoms. The number of rotatable bonds is 4. The van der Waals surface area contributed by atoms with E-state index in [1.54, 1.807) is 0 Å². The third-order valence-electron chi connectivity index (χ3n) is 3.74. The molecule has 4 atom stereocenters. The predicted octanol–water partition coefficient (Wildman–Crippen LogP) is 1.97. The van der Waals surface area contributed by atoms with Crippen LogP contribution in [0.3, 0.4) is 0 Å². The molecule has 0 bridgehead atoms. The second kappa shape index (κ2) is 6.46. The van der Waals surface area contributed by atoms with Crippen molar-refractivity contribution in [1.29, 1.82) is 0 Å². The summed E-state index contributed by atoms with van der Waals surface area (Å²) in [7, 11) is 0. The van der Waals surface area contributed by atoms with Crippen LogP contribution in [0.2, 0.25) is 0 Å². The van der Waals surface area contributed by atoms with E-state index in [0.717, 1.165) is 19.5 Å². The molecule has 1 aliphatic heterocycles. The highest BCUT2D eigenvalue weighted by Gasteiger charge is 2.31. The summed E-state index contributed by atoms with van der Waals surface area (Å²) < 4.78 is 5.82. The maximum atomic E-state index is 6.36. The number of pyridine rings is 1. The molecule has 1 fully saturated rings. The molecule has 0 amide bonds. The minimum Gasteiger partial charge on any atom is -0.373 e. The van der Waals surface area contributed by atoms with E-state index in [-0.39, 0.29) is 24.3 Å². The number of ether oxygens (including phenoxy) is 1. The Morgan fingerprint density at radius 2 is 2.11 bits per heavy atom. The standard InChI is InChI=1S/C15H25N3O/c1-4-14(16)15(13-6-5-7-17-8-13)18-9-11(2)19-12(3)10-18/h5-8,11-12,14-15H,4,9-10,16H2,1-3H3/t11-,12+,14?,15?. The van der Waals surface area contributed by atoms with Gasteiger partial charge in [-0.1, -0.05) is 13.0 Å². The van der Waals surface area contributed by atoms with Crippen LogP contribution in [0.25, 0.3) is 0 Å². The zero-order chi connectivity index (χ0) is 13.8. The van der Waals surface area contributed by atoms with Crippen molar-refractivity contribution in [1.82, 2.24) is 9.88 Å². The van der Waals surface area contributed by atoms with E-state index in [0.29, 0.717) is 0 Å². The molecule has 4 nitrogen and oxygen atoms in total. The molecule has 1 aromatic rings. The van der Waals surface area contributed by atoms with Crippen LogP contribution in [0, 0.1) is 0 Å². The lowest BCUT2D eigenvalue weighted by molar-refractivity contribution is -0.0838. The summed E-state index contributed by atoms with van der Waals surface area (Å²) in [6.45, 7) is 8.25. The number of nitrogens with zero attached hydrogens (tertiary/aromatic N) is 2. The molecule has 106 valence electrons. The fourth-order valence-electron chi connectivity index (χ4n) is 2.95. The minimum absolute atomic E-state index is 0.127. The number of morpholine rings is 1. The van der Waals surface area contributed by atoms with Crippen molar-refractivity contribution in [3.05, 3.63) is 30.1 Å². The Balaban J connectivity index is 2.23. The Hall–Kier alpha value is -0.970. The van der Waals surface area contributed by atoms with Crippen LogP contribution in [-0.2, 0) is 4.74 Å². The average Bonchev–Trinajstić information content (AvgIpc) is 2.39. The van der Waals surface area contributed by atoms with Gasteiger partial charge in [-0.2, -0.15) is 0 Å². The second-order valence-corrected chi connectivity index (χ2v) is 5.51. The molecule has 0 aromatic carbocycles. The van der Waals surface area contributed by atoms with Crippen molar-refractivity contribution < 1.29 is 4.74 Å². The zero-order valence-electron chi connectivity index (χ0n) is 12.1. The third-order valence-corrected chi connectivity index (χ3v) is 3.74. The molecule has 2 heterocycles. The Morgan fingerprint density at radius 1 is 1.42 bits per heavy atom. The highest BCUT2D eigenvalue weighted by atomic mass is 16.5. The van der Waals surface area contributed by atoms with Crippen LogP contribution in [0.4, 0.5) is 0 Å². The summed E-state index contributed by atoms with van der Waals surface area (Å²) in [5.74, 6) is 0. The van der Waals surface area contributed by atoms with Crippen molar-refractivity contribution in [2.75, 3.05) is 13.1 Å². The van der Waals surface area contributed by atoms with E-state index < -0.39 is 0 Å². The van der Waals surface area contributed by atoms with E-state index in [2.05, 4.69) is 36.7 Å². The Labute approximate surface area is 116 Å². The molecule has 0 radical (unpaired) electrons. The van der Waals surface area contributed by atoms with E-state index in [1.165, 1.54) is 5.56 Å². The van der Waals surface area contributed by atoms with Gasteiger partial charge in [-0.3, -0.25) is 9.88 Å². The van der Waals surface area contributed by atoms with E-state index >= 15 is 0 Å². The van der Waals surface area contributed by atoms with Crippen LogP contribution < -0.4 is 5.73 Å². The first-order valence-corrected chi connectivity index (χ1v) is 7.16. The quantitative estimate of drug-likeness (QED) is 0.902. The molecule has 2 N–H and O–H groups in total. The molecule has 0 saturated carbocycles. The first-order valence-electron chi connectivity index (χ1n) is 7.16. The van der Waals surface area contributed by atoms with Crippen LogP contribution in [0.5, 0.6) is 0 Å². The Morgan fingerprint density at radius 3 is 2.63 bits per heavy atom. The van der Waals surface area contributed by atoms with Gasteiger partial charge in [0.05, 0.1) is 18.2 Å². The van der Waals surface area contributed by atoms with Gasteiger partial charge in [-0.25, -0.2) is 0 Å². The fourth-order valence-corrected chi connectivity index (χ4v) is 2.95. The van der Waals surface area contributed by atoms with E-state index in [4.69, 9.17) is 10.5 Å². The molecule has 0 aliphatic carbocycles. The molecule has 2 rings (SSSR count). The van der Waals surface area contributed by atoms with Crippen LogP contribution in [0.1, 0.15) is 38.8 Å². The molecule has 4 heteroatoms. The number of aromatic nitrogens is 1. The van der Waals surface area contributed by atoms with Gasteiger partial charge in [0, 0.05) is 31.5 Å². The summed E-state index contributed by atoms with van der Waals surface area (Å²) in [6.07, 6.45) is 5.21. The first-order chi connectivity index (χ1) is 9.11. The van der Waals surface area contributed by atoms with Gasteiger partial charge in [0.25, 0.3) is 0 Å². The highest BCUT2D eigenvalue weighted by molar-refractivity contribution is 5.16. The lowest BCUT2D eigenvalue weighted by Crippen LogP contribution is -2.51.